The minimum Gasteiger partial charge on any atom is -0.394 e. The number of unbranched alkanes of at least 4 members (excludes halogenated alkanes) is 25. The first-order chi connectivity index (χ1) is 29.3. The third kappa shape index (κ3) is 30.2. The van der Waals surface area contributed by atoms with Gasteiger partial charge in [-0.3, -0.25) is 4.79 Å². The fraction of sp³-hybridized carbons (Fsp3) is 0.979. The van der Waals surface area contributed by atoms with E-state index >= 15 is 0 Å². The SMILES string of the molecule is CCCCCCCCCCCCCC[C@@H](O)[C@@H](O)[C@H](CO[C@H]1O[C@H](CO)[C@H](O)[C@H](O)[C@H]1O)NC(=O)CCCCCCCCCCCCCCOCCCCCCOCCC. The second kappa shape index (κ2) is 40.8. The van der Waals surface area contributed by atoms with Crippen LogP contribution in [-0.2, 0) is 23.7 Å². The summed E-state index contributed by atoms with van der Waals surface area (Å²) in [5.74, 6) is -0.264. The molecule has 8 atom stereocenters. The summed E-state index contributed by atoms with van der Waals surface area (Å²) in [4.78, 5) is 13.0. The summed E-state index contributed by atoms with van der Waals surface area (Å²) in [6.07, 6.45) is 24.9. The fourth-order valence-electron chi connectivity index (χ4n) is 7.91. The van der Waals surface area contributed by atoms with Crippen molar-refractivity contribution in [2.45, 2.75) is 262 Å². The second-order valence-electron chi connectivity index (χ2n) is 17.6. The van der Waals surface area contributed by atoms with Crippen molar-refractivity contribution >= 4 is 5.91 Å². The quantitative estimate of drug-likeness (QED) is 0.0293. The van der Waals surface area contributed by atoms with Crippen LogP contribution in [0.15, 0.2) is 0 Å². The van der Waals surface area contributed by atoms with E-state index in [1.165, 1.54) is 109 Å². The van der Waals surface area contributed by atoms with Crippen molar-refractivity contribution in [3.05, 3.63) is 0 Å². The average Bonchev–Trinajstić information content (AvgIpc) is 3.25. The van der Waals surface area contributed by atoms with E-state index in [9.17, 15) is 35.4 Å². The van der Waals surface area contributed by atoms with Crippen molar-refractivity contribution in [2.75, 3.05) is 39.6 Å². The molecule has 12 nitrogen and oxygen atoms in total. The molecule has 1 heterocycles. The van der Waals surface area contributed by atoms with Crippen LogP contribution in [-0.4, -0.2) is 125 Å². The van der Waals surface area contributed by atoms with Crippen LogP contribution >= 0.6 is 0 Å². The van der Waals surface area contributed by atoms with Gasteiger partial charge in [-0.1, -0.05) is 168 Å². The number of aliphatic hydroxyl groups is 6. The van der Waals surface area contributed by atoms with E-state index in [-0.39, 0.29) is 18.9 Å². The Balaban J connectivity index is 2.26. The first-order valence-corrected chi connectivity index (χ1v) is 25.0. The van der Waals surface area contributed by atoms with Crippen molar-refractivity contribution in [3.63, 3.8) is 0 Å². The number of hydrogen-bond acceptors (Lipinski definition) is 11. The summed E-state index contributed by atoms with van der Waals surface area (Å²) in [5.41, 5.74) is 0. The minimum atomic E-state index is -1.61. The lowest BCUT2D eigenvalue weighted by Crippen LogP contribution is -2.60. The third-order valence-corrected chi connectivity index (χ3v) is 11.9. The van der Waals surface area contributed by atoms with Crippen molar-refractivity contribution in [3.8, 4) is 0 Å². The number of hydrogen-bond donors (Lipinski definition) is 7. The van der Waals surface area contributed by atoms with Gasteiger partial charge in [0.25, 0.3) is 0 Å². The van der Waals surface area contributed by atoms with Gasteiger partial charge in [0.2, 0.25) is 5.91 Å². The fourth-order valence-corrected chi connectivity index (χ4v) is 7.91. The maximum atomic E-state index is 13.0. The number of ether oxygens (including phenoxy) is 4. The second-order valence-corrected chi connectivity index (χ2v) is 17.6. The monoisotopic (exact) mass is 862 g/mol. The van der Waals surface area contributed by atoms with Crippen LogP contribution in [0.3, 0.4) is 0 Å². The van der Waals surface area contributed by atoms with Crippen LogP contribution in [0.1, 0.15) is 213 Å². The molecule has 1 amide bonds. The standard InChI is InChI=1S/C48H95NO11/c1-3-5-6-7-8-9-10-13-16-19-22-27-32-41(51)44(53)40(39-59-48-47(56)46(55)45(54)42(38-50)60-48)49-43(52)33-28-23-20-17-14-11-12-15-18-21-24-29-36-58-37-31-26-25-30-35-57-34-4-2/h40-42,44-48,50-51,53-56H,3-39H2,1-2H3,(H,49,52)/t40-,41+,42+,44-,45-,46-,47+,48-/m0/s1. The summed E-state index contributed by atoms with van der Waals surface area (Å²) < 4.78 is 22.5. The van der Waals surface area contributed by atoms with Crippen LogP contribution in [0.25, 0.3) is 0 Å². The van der Waals surface area contributed by atoms with Gasteiger partial charge in [-0.2, -0.15) is 0 Å². The van der Waals surface area contributed by atoms with Crippen molar-refractivity contribution in [1.82, 2.24) is 5.32 Å². The molecule has 1 aliphatic heterocycles. The Labute approximate surface area is 366 Å². The maximum Gasteiger partial charge on any atom is 0.220 e. The molecule has 0 bridgehead atoms. The minimum absolute atomic E-state index is 0.264. The highest BCUT2D eigenvalue weighted by atomic mass is 16.7. The molecule has 12 heteroatoms. The average molecular weight is 862 g/mol. The van der Waals surface area contributed by atoms with Crippen LogP contribution in [0, 0.1) is 0 Å². The Hall–Kier alpha value is -0.930. The molecule has 0 aromatic carbocycles. The van der Waals surface area contributed by atoms with E-state index in [1.807, 2.05) is 0 Å². The Morgan fingerprint density at radius 3 is 1.45 bits per heavy atom. The highest BCUT2D eigenvalue weighted by molar-refractivity contribution is 5.76. The van der Waals surface area contributed by atoms with Gasteiger partial charge in [-0.05, 0) is 38.5 Å². The summed E-state index contributed by atoms with van der Waals surface area (Å²) in [7, 11) is 0. The first kappa shape index (κ1) is 57.1. The Kier molecular flexibility index (Phi) is 38.8. The molecular formula is C48H95NO11. The molecule has 0 unspecified atom stereocenters. The predicted octanol–water partition coefficient (Wildman–Crippen LogP) is 8.18. The van der Waals surface area contributed by atoms with Gasteiger partial charge in [0.05, 0.1) is 25.4 Å². The lowest BCUT2D eigenvalue weighted by Gasteiger charge is -2.40. The van der Waals surface area contributed by atoms with Gasteiger partial charge in [0, 0.05) is 32.8 Å². The lowest BCUT2D eigenvalue weighted by atomic mass is 9.98. The molecule has 1 saturated heterocycles. The molecule has 1 rings (SSSR count). The zero-order valence-electron chi connectivity index (χ0n) is 38.5. The van der Waals surface area contributed by atoms with Gasteiger partial charge in [-0.25, -0.2) is 0 Å². The molecule has 60 heavy (non-hydrogen) atoms. The van der Waals surface area contributed by atoms with E-state index in [2.05, 4.69) is 19.2 Å². The van der Waals surface area contributed by atoms with Gasteiger partial charge >= 0.3 is 0 Å². The number of carbonyl (C=O) groups is 1. The molecule has 0 radical (unpaired) electrons. The molecule has 0 aromatic heterocycles. The summed E-state index contributed by atoms with van der Waals surface area (Å²) in [5, 5.41) is 65.2. The smallest absolute Gasteiger partial charge is 0.220 e. The van der Waals surface area contributed by atoms with Gasteiger partial charge in [-0.15, -0.1) is 0 Å². The zero-order valence-corrected chi connectivity index (χ0v) is 38.5. The van der Waals surface area contributed by atoms with Crippen molar-refractivity contribution < 1.29 is 54.4 Å². The van der Waals surface area contributed by atoms with E-state index in [0.29, 0.717) is 12.8 Å². The molecule has 1 fully saturated rings. The first-order valence-electron chi connectivity index (χ1n) is 25.0. The van der Waals surface area contributed by atoms with Gasteiger partial charge < -0.3 is 54.9 Å². The molecule has 1 aliphatic rings. The van der Waals surface area contributed by atoms with E-state index < -0.39 is 55.6 Å². The van der Waals surface area contributed by atoms with E-state index in [1.54, 1.807) is 0 Å². The molecular weight excluding hydrogens is 767 g/mol. The van der Waals surface area contributed by atoms with Crippen LogP contribution in [0.2, 0.25) is 0 Å². The third-order valence-electron chi connectivity index (χ3n) is 11.9. The zero-order chi connectivity index (χ0) is 43.9. The normalized spacial score (nSPS) is 21.0. The van der Waals surface area contributed by atoms with Crippen LogP contribution in [0.4, 0.5) is 0 Å². The van der Waals surface area contributed by atoms with Gasteiger partial charge in [0.15, 0.2) is 6.29 Å². The number of carbonyl (C=O) groups excluding carboxylic acids is 1. The molecule has 358 valence electrons. The Morgan fingerprint density at radius 2 is 0.983 bits per heavy atom. The Morgan fingerprint density at radius 1 is 0.550 bits per heavy atom. The predicted molar refractivity (Wildman–Crippen MR) is 240 cm³/mol. The molecule has 0 saturated carbocycles. The number of aliphatic hydroxyl groups excluding tert-OH is 6. The van der Waals surface area contributed by atoms with E-state index in [0.717, 1.165) is 97.1 Å². The van der Waals surface area contributed by atoms with E-state index in [4.69, 9.17) is 18.9 Å². The van der Waals surface area contributed by atoms with Crippen molar-refractivity contribution in [1.29, 1.82) is 0 Å². The number of amides is 1. The molecule has 0 aromatic rings. The maximum absolute atomic E-state index is 13.0. The number of nitrogens with one attached hydrogen (secondary N) is 1. The summed E-state index contributed by atoms with van der Waals surface area (Å²) in [6.45, 7) is 7.00. The number of rotatable bonds is 44. The topological polar surface area (TPSA) is 187 Å². The van der Waals surface area contributed by atoms with Crippen LogP contribution in [0.5, 0.6) is 0 Å². The highest BCUT2D eigenvalue weighted by Gasteiger charge is 2.44. The Bertz CT molecular complexity index is 931. The summed E-state index contributed by atoms with van der Waals surface area (Å²) >= 11 is 0. The highest BCUT2D eigenvalue weighted by Crippen LogP contribution is 2.23. The lowest BCUT2D eigenvalue weighted by molar-refractivity contribution is -0.303. The largest absolute Gasteiger partial charge is 0.394 e. The van der Waals surface area contributed by atoms with Crippen LogP contribution < -0.4 is 5.32 Å². The molecule has 7 N–H and O–H groups in total. The molecule has 0 spiro atoms. The molecule has 0 aliphatic carbocycles. The summed E-state index contributed by atoms with van der Waals surface area (Å²) in [6, 6.07) is -0.994. The van der Waals surface area contributed by atoms with Crippen molar-refractivity contribution in [2.24, 2.45) is 0 Å². The van der Waals surface area contributed by atoms with Gasteiger partial charge in [0.1, 0.15) is 30.5 Å².